The first-order valence-corrected chi connectivity index (χ1v) is 10.1. The second kappa shape index (κ2) is 9.20. The zero-order chi connectivity index (χ0) is 23.7. The first-order chi connectivity index (χ1) is 14.2. The third kappa shape index (κ3) is 5.41. The lowest BCUT2D eigenvalue weighted by molar-refractivity contribution is -0.137. The molecule has 0 radical (unpaired) electrons. The fourth-order valence-electron chi connectivity index (χ4n) is 2.35. The fraction of sp³-hybridized carbons (Fsp3) is 0.294. The standard InChI is InChI=1S/C17H12Cl2F6N4OS/c1-3-8(2)7-27-15-14(31(30)17(23,24)25)12(6-26)28-29(15)13-10(18)4-9(5-11(13)19)16(20,21)22/h4-5,27H,2-3,7H2,1H3. The van der Waals surface area contributed by atoms with E-state index in [1.165, 1.54) is 6.07 Å². The van der Waals surface area contributed by atoms with Crippen LogP contribution in [0.15, 0.2) is 29.2 Å². The molecule has 0 amide bonds. The molecule has 1 heterocycles. The van der Waals surface area contributed by atoms with Gasteiger partial charge in [-0.3, -0.25) is 0 Å². The Hall–Kier alpha value is -2.07. The Morgan fingerprint density at radius 2 is 1.81 bits per heavy atom. The molecule has 14 heteroatoms. The molecule has 2 rings (SSSR count). The lowest BCUT2D eigenvalue weighted by atomic mass is 10.2. The van der Waals surface area contributed by atoms with Gasteiger partial charge >= 0.3 is 11.7 Å². The van der Waals surface area contributed by atoms with E-state index < -0.39 is 60.6 Å². The van der Waals surface area contributed by atoms with Gasteiger partial charge in [-0.2, -0.15) is 18.4 Å². The number of hydrogen-bond donors (Lipinski definition) is 1. The summed E-state index contributed by atoms with van der Waals surface area (Å²) in [6, 6.07) is 2.41. The maximum absolute atomic E-state index is 13.2. The number of benzene rings is 1. The van der Waals surface area contributed by atoms with Crippen LogP contribution >= 0.6 is 23.2 Å². The normalized spacial score (nSPS) is 13.1. The largest absolute Gasteiger partial charge is 0.604 e. The Morgan fingerprint density at radius 3 is 2.23 bits per heavy atom. The molecule has 0 spiro atoms. The van der Waals surface area contributed by atoms with E-state index in [0.717, 1.165) is 0 Å². The molecule has 1 aromatic carbocycles. The maximum Gasteiger partial charge on any atom is 0.578 e. The highest BCUT2D eigenvalue weighted by atomic mass is 35.5. The molecule has 0 aliphatic rings. The number of alkyl halides is 6. The highest BCUT2D eigenvalue weighted by Gasteiger charge is 2.50. The van der Waals surface area contributed by atoms with Gasteiger partial charge in [0.2, 0.25) is 10.6 Å². The summed E-state index contributed by atoms with van der Waals surface area (Å²) in [5.74, 6) is -0.564. The van der Waals surface area contributed by atoms with Crippen LogP contribution in [-0.4, -0.2) is 26.4 Å². The minimum Gasteiger partial charge on any atom is -0.604 e. The summed E-state index contributed by atoms with van der Waals surface area (Å²) in [4.78, 5) is -1.01. The van der Waals surface area contributed by atoms with Crippen molar-refractivity contribution in [1.82, 2.24) is 9.78 Å². The minimum absolute atomic E-state index is 0.106. The Labute approximate surface area is 185 Å². The number of hydrogen-bond acceptors (Lipinski definition) is 4. The summed E-state index contributed by atoms with van der Waals surface area (Å²) in [5.41, 5.74) is -7.22. The first kappa shape index (κ1) is 25.2. The summed E-state index contributed by atoms with van der Waals surface area (Å²) < 4.78 is 91.3. The van der Waals surface area contributed by atoms with Gasteiger partial charge in [-0.1, -0.05) is 42.3 Å². The Kier molecular flexibility index (Phi) is 7.47. The molecule has 1 N–H and O–H groups in total. The van der Waals surface area contributed by atoms with Gasteiger partial charge in [0.1, 0.15) is 22.9 Å². The van der Waals surface area contributed by atoms with Crippen LogP contribution in [0.1, 0.15) is 24.6 Å². The number of nitrogens with zero attached hydrogens (tertiary/aromatic N) is 3. The van der Waals surface area contributed by atoms with Gasteiger partial charge in [0.15, 0.2) is 5.82 Å². The van der Waals surface area contributed by atoms with Crippen molar-refractivity contribution in [2.45, 2.75) is 29.9 Å². The van der Waals surface area contributed by atoms with Crippen LogP contribution in [0.4, 0.5) is 32.2 Å². The summed E-state index contributed by atoms with van der Waals surface area (Å²) in [5, 5.41) is 14.3. The van der Waals surface area contributed by atoms with E-state index in [4.69, 9.17) is 23.2 Å². The molecule has 2 aromatic rings. The van der Waals surface area contributed by atoms with E-state index >= 15 is 0 Å². The molecule has 1 atom stereocenters. The van der Waals surface area contributed by atoms with Crippen molar-refractivity contribution < 1.29 is 30.9 Å². The number of nitrogens with one attached hydrogen (secondary N) is 1. The number of anilines is 1. The lowest BCUT2D eigenvalue weighted by Gasteiger charge is -2.17. The molecule has 0 aliphatic carbocycles. The van der Waals surface area contributed by atoms with Crippen molar-refractivity contribution in [2.24, 2.45) is 0 Å². The Morgan fingerprint density at radius 1 is 1.26 bits per heavy atom. The average molecular weight is 505 g/mol. The van der Waals surface area contributed by atoms with E-state index in [-0.39, 0.29) is 6.54 Å². The molecule has 1 unspecified atom stereocenters. The molecule has 0 aliphatic heterocycles. The lowest BCUT2D eigenvalue weighted by Crippen LogP contribution is -2.25. The maximum atomic E-state index is 13.2. The van der Waals surface area contributed by atoms with Gasteiger partial charge in [-0.25, -0.2) is 4.68 Å². The second-order valence-electron chi connectivity index (χ2n) is 6.01. The molecule has 168 valence electrons. The topological polar surface area (TPSA) is 76.7 Å². The van der Waals surface area contributed by atoms with E-state index in [1.807, 2.05) is 0 Å². The van der Waals surface area contributed by atoms with E-state index in [0.29, 0.717) is 28.8 Å². The van der Waals surface area contributed by atoms with E-state index in [9.17, 15) is 36.2 Å². The van der Waals surface area contributed by atoms with Crippen LogP contribution in [-0.2, 0) is 17.4 Å². The summed E-state index contributed by atoms with van der Waals surface area (Å²) in [6.07, 6.45) is -4.36. The van der Waals surface area contributed by atoms with Crippen molar-refractivity contribution >= 4 is 40.2 Å². The van der Waals surface area contributed by atoms with Crippen molar-refractivity contribution in [1.29, 1.82) is 5.26 Å². The monoisotopic (exact) mass is 504 g/mol. The smallest absolute Gasteiger partial charge is 0.578 e. The average Bonchev–Trinajstić information content (AvgIpc) is 3.01. The minimum atomic E-state index is -5.24. The third-order valence-corrected chi connectivity index (χ3v) is 5.66. The number of nitriles is 1. The summed E-state index contributed by atoms with van der Waals surface area (Å²) >= 11 is 8.19. The Balaban J connectivity index is 2.80. The van der Waals surface area contributed by atoms with Crippen molar-refractivity contribution in [3.63, 3.8) is 0 Å². The molecule has 0 saturated carbocycles. The second-order valence-corrected chi connectivity index (χ2v) is 8.23. The first-order valence-electron chi connectivity index (χ1n) is 8.21. The molecule has 0 fully saturated rings. The molecule has 0 saturated heterocycles. The number of halogens is 8. The molecular formula is C17H12Cl2F6N4OS. The van der Waals surface area contributed by atoms with Crippen molar-refractivity contribution in [3.05, 3.63) is 45.6 Å². The van der Waals surface area contributed by atoms with Crippen LogP contribution in [0.3, 0.4) is 0 Å². The van der Waals surface area contributed by atoms with Crippen LogP contribution in [0, 0.1) is 11.3 Å². The van der Waals surface area contributed by atoms with Gasteiger partial charge in [0.25, 0.3) is 0 Å². The predicted octanol–water partition coefficient (Wildman–Crippen LogP) is 6.08. The van der Waals surface area contributed by atoms with Crippen molar-refractivity contribution in [3.8, 4) is 11.8 Å². The highest BCUT2D eigenvalue weighted by Crippen LogP contribution is 2.42. The Bertz CT molecular complexity index is 1020. The zero-order valence-electron chi connectivity index (χ0n) is 15.5. The predicted molar refractivity (Wildman–Crippen MR) is 104 cm³/mol. The van der Waals surface area contributed by atoms with Gasteiger partial charge in [-0.05, 0) is 18.6 Å². The molecular weight excluding hydrogens is 493 g/mol. The third-order valence-electron chi connectivity index (χ3n) is 3.91. The highest BCUT2D eigenvalue weighted by molar-refractivity contribution is 7.92. The van der Waals surface area contributed by atoms with Gasteiger partial charge in [0, 0.05) is 6.54 Å². The summed E-state index contributed by atoms with van der Waals surface area (Å²) in [7, 11) is 0. The van der Waals surface area contributed by atoms with Crippen LogP contribution in [0.25, 0.3) is 5.69 Å². The van der Waals surface area contributed by atoms with Gasteiger partial charge < -0.3 is 9.87 Å². The van der Waals surface area contributed by atoms with Gasteiger partial charge in [-0.15, -0.1) is 18.3 Å². The molecule has 0 bridgehead atoms. The zero-order valence-corrected chi connectivity index (χ0v) is 17.8. The van der Waals surface area contributed by atoms with E-state index in [2.05, 4.69) is 17.0 Å². The number of rotatable bonds is 6. The van der Waals surface area contributed by atoms with Crippen LogP contribution in [0.2, 0.25) is 10.0 Å². The number of aromatic nitrogens is 2. The molecule has 5 nitrogen and oxygen atoms in total. The SMILES string of the molecule is C=C(CC)CNc1c([S+]([O-])C(F)(F)F)c(C#N)nn1-c1c(Cl)cc(C(F)(F)F)cc1Cl. The van der Waals surface area contributed by atoms with Crippen LogP contribution < -0.4 is 5.32 Å². The van der Waals surface area contributed by atoms with Crippen molar-refractivity contribution in [2.75, 3.05) is 11.9 Å². The van der Waals surface area contributed by atoms with Crippen LogP contribution in [0.5, 0.6) is 0 Å². The summed E-state index contributed by atoms with van der Waals surface area (Å²) in [6.45, 7) is 5.30. The van der Waals surface area contributed by atoms with Gasteiger partial charge in [0.05, 0.1) is 15.6 Å². The fourth-order valence-corrected chi connectivity index (χ4v) is 3.83. The molecule has 1 aromatic heterocycles. The quantitative estimate of drug-likeness (QED) is 0.294. The molecule has 31 heavy (non-hydrogen) atoms. The van der Waals surface area contributed by atoms with E-state index in [1.54, 1.807) is 6.92 Å².